The fraction of sp³-hybridized carbons (Fsp3) is 0.778. The Morgan fingerprint density at radius 1 is 0.857 bits per heavy atom. The summed E-state index contributed by atoms with van der Waals surface area (Å²) >= 11 is 4.62. The van der Waals surface area contributed by atoms with Gasteiger partial charge >= 0.3 is 12.4 Å². The van der Waals surface area contributed by atoms with Crippen LogP contribution in [0.2, 0.25) is 0 Å². The van der Waals surface area contributed by atoms with Crippen LogP contribution in [0.3, 0.4) is 0 Å². The van der Waals surface area contributed by atoms with Crippen molar-refractivity contribution in [1.82, 2.24) is 0 Å². The first-order valence-corrected chi connectivity index (χ1v) is 5.28. The molecule has 0 amide bonds. The minimum atomic E-state index is -6.53. The summed E-state index contributed by atoms with van der Waals surface area (Å²) in [5, 5.41) is -1.77. The summed E-state index contributed by atoms with van der Waals surface area (Å²) in [5.41, 5.74) is -5.95. The third-order valence-electron chi connectivity index (χ3n) is 2.42. The molecule has 0 N–H and O–H groups in total. The molecule has 1 atom stereocenters. The van der Waals surface area contributed by atoms with Crippen LogP contribution in [0, 0.1) is 0 Å². The van der Waals surface area contributed by atoms with Gasteiger partial charge in [-0.1, -0.05) is 11.6 Å². The molecule has 0 spiro atoms. The monoisotopic (exact) mass is 358 g/mol. The van der Waals surface area contributed by atoms with E-state index in [1.165, 1.54) is 0 Å². The molecular weight excluding hydrogens is 353 g/mol. The van der Waals surface area contributed by atoms with Crippen molar-refractivity contribution < 1.29 is 48.3 Å². The van der Waals surface area contributed by atoms with E-state index in [9.17, 15) is 48.3 Å². The van der Waals surface area contributed by atoms with Crippen molar-refractivity contribution in [1.29, 1.82) is 0 Å². The topological polar surface area (TPSA) is 0 Å². The van der Waals surface area contributed by atoms with E-state index in [0.29, 0.717) is 0 Å². The highest BCUT2D eigenvalue weighted by molar-refractivity contribution is 6.30. The van der Waals surface area contributed by atoms with Gasteiger partial charge in [0.05, 0.1) is 5.03 Å². The van der Waals surface area contributed by atoms with Gasteiger partial charge in [-0.3, -0.25) is 0 Å². The third kappa shape index (κ3) is 4.36. The SMILES string of the molecule is FC=C(Cl)C(F)C(F)(F)CCC(F)(C(F)(F)F)C(F)(F)F. The van der Waals surface area contributed by atoms with Crippen LogP contribution < -0.4 is 0 Å². The number of alkyl halides is 10. The average molecular weight is 359 g/mol. The van der Waals surface area contributed by atoms with Gasteiger partial charge in [0.2, 0.25) is 6.17 Å². The van der Waals surface area contributed by atoms with E-state index in [0.717, 1.165) is 0 Å². The molecule has 0 nitrogen and oxygen atoms in total. The van der Waals surface area contributed by atoms with E-state index >= 15 is 0 Å². The predicted molar refractivity (Wildman–Crippen MR) is 50.1 cm³/mol. The first kappa shape index (κ1) is 20.3. The fourth-order valence-electron chi connectivity index (χ4n) is 1.17. The summed E-state index contributed by atoms with van der Waals surface area (Å²) in [5.74, 6) is -4.92. The highest BCUT2D eigenvalue weighted by Gasteiger charge is 2.72. The zero-order valence-electron chi connectivity index (χ0n) is 9.60. The summed E-state index contributed by atoms with van der Waals surface area (Å²) in [6.07, 6.45) is -22.9. The lowest BCUT2D eigenvalue weighted by Gasteiger charge is -2.31. The summed E-state index contributed by atoms with van der Waals surface area (Å²) < 4.78 is 136. The molecule has 21 heavy (non-hydrogen) atoms. The molecule has 0 heterocycles. The Balaban J connectivity index is 5.27. The van der Waals surface area contributed by atoms with E-state index < -0.39 is 54.3 Å². The molecule has 0 fully saturated rings. The Labute approximate surface area is 115 Å². The van der Waals surface area contributed by atoms with Crippen molar-refractivity contribution in [3.05, 3.63) is 11.4 Å². The molecular formula is C9H6ClF11. The minimum Gasteiger partial charge on any atom is -0.235 e. The maximum atomic E-state index is 13.1. The quantitative estimate of drug-likeness (QED) is 0.559. The number of hydrogen-bond acceptors (Lipinski definition) is 0. The van der Waals surface area contributed by atoms with E-state index in [1.54, 1.807) is 0 Å². The molecule has 0 aliphatic rings. The third-order valence-corrected chi connectivity index (χ3v) is 2.69. The number of hydrogen-bond donors (Lipinski definition) is 0. The zero-order valence-corrected chi connectivity index (χ0v) is 10.4. The summed E-state index contributed by atoms with van der Waals surface area (Å²) in [6, 6.07) is 0. The highest BCUT2D eigenvalue weighted by atomic mass is 35.5. The molecule has 12 heteroatoms. The van der Waals surface area contributed by atoms with Crippen molar-refractivity contribution in [2.75, 3.05) is 0 Å². The van der Waals surface area contributed by atoms with Crippen molar-refractivity contribution in [2.45, 2.75) is 43.0 Å². The largest absolute Gasteiger partial charge is 0.431 e. The smallest absolute Gasteiger partial charge is 0.235 e. The fourth-order valence-corrected chi connectivity index (χ4v) is 1.33. The van der Waals surface area contributed by atoms with Crippen LogP contribution in [0.15, 0.2) is 11.4 Å². The zero-order chi connectivity index (χ0) is 17.3. The van der Waals surface area contributed by atoms with Gasteiger partial charge in [0.1, 0.15) is 6.33 Å². The molecule has 0 aliphatic heterocycles. The second-order valence-corrected chi connectivity index (χ2v) is 4.35. The molecule has 0 aromatic rings. The van der Waals surface area contributed by atoms with Crippen LogP contribution in [0.5, 0.6) is 0 Å². The first-order valence-electron chi connectivity index (χ1n) is 4.90. The Bertz CT molecular complexity index is 366. The Morgan fingerprint density at radius 3 is 1.52 bits per heavy atom. The molecule has 0 radical (unpaired) electrons. The van der Waals surface area contributed by atoms with Gasteiger partial charge in [0.25, 0.3) is 11.6 Å². The van der Waals surface area contributed by atoms with Gasteiger partial charge in [-0.15, -0.1) is 0 Å². The van der Waals surface area contributed by atoms with Crippen molar-refractivity contribution in [3.8, 4) is 0 Å². The Kier molecular flexibility index (Phi) is 5.95. The van der Waals surface area contributed by atoms with Gasteiger partial charge in [-0.25, -0.2) is 22.0 Å². The van der Waals surface area contributed by atoms with Crippen LogP contribution >= 0.6 is 11.6 Å². The summed E-state index contributed by atoms with van der Waals surface area (Å²) in [7, 11) is 0. The maximum Gasteiger partial charge on any atom is 0.431 e. The molecule has 0 saturated carbocycles. The minimum absolute atomic E-state index is 0.851. The first-order chi connectivity index (χ1) is 9.10. The normalized spacial score (nSPS) is 17.0. The van der Waals surface area contributed by atoms with Gasteiger partial charge in [0.15, 0.2) is 0 Å². The number of halogens is 12. The number of allylic oxidation sites excluding steroid dienone is 1. The lowest BCUT2D eigenvalue weighted by atomic mass is 9.94. The van der Waals surface area contributed by atoms with Crippen LogP contribution in [-0.4, -0.2) is 30.1 Å². The van der Waals surface area contributed by atoms with Crippen LogP contribution in [0.25, 0.3) is 0 Å². The van der Waals surface area contributed by atoms with Crippen molar-refractivity contribution in [2.24, 2.45) is 0 Å². The highest BCUT2D eigenvalue weighted by Crippen LogP contribution is 2.50. The standard InChI is InChI=1S/C9H6ClF11/c10-4(3-11)5(12)6(13,14)1-2-7(15,8(16,17)18)9(19,20)21/h3,5H,1-2H2. The molecule has 0 saturated heterocycles. The molecule has 1 unspecified atom stereocenters. The van der Waals surface area contributed by atoms with Crippen LogP contribution in [0.1, 0.15) is 12.8 Å². The van der Waals surface area contributed by atoms with E-state index in [2.05, 4.69) is 11.6 Å². The molecule has 0 aromatic heterocycles. The molecule has 0 bridgehead atoms. The van der Waals surface area contributed by atoms with Gasteiger partial charge in [0, 0.05) is 12.8 Å². The maximum absolute atomic E-state index is 13.1. The van der Waals surface area contributed by atoms with E-state index in [-0.39, 0.29) is 0 Å². The molecule has 126 valence electrons. The number of rotatable bonds is 5. The van der Waals surface area contributed by atoms with Crippen LogP contribution in [-0.2, 0) is 0 Å². The summed E-state index contributed by atoms with van der Waals surface area (Å²) in [6.45, 7) is 0. The van der Waals surface area contributed by atoms with Gasteiger partial charge < -0.3 is 0 Å². The molecule has 0 aliphatic carbocycles. The lowest BCUT2D eigenvalue weighted by Crippen LogP contribution is -2.54. The molecule has 0 aromatic carbocycles. The summed E-state index contributed by atoms with van der Waals surface area (Å²) in [4.78, 5) is 0. The Hall–Kier alpha value is -0.740. The average Bonchev–Trinajstić information content (AvgIpc) is 2.31. The van der Waals surface area contributed by atoms with Crippen molar-refractivity contribution in [3.63, 3.8) is 0 Å². The van der Waals surface area contributed by atoms with E-state index in [1.807, 2.05) is 0 Å². The predicted octanol–water partition coefficient (Wildman–Crippen LogP) is 5.62. The second kappa shape index (κ2) is 6.17. The van der Waals surface area contributed by atoms with E-state index in [4.69, 9.17) is 0 Å². The molecule has 0 rings (SSSR count). The Morgan fingerprint density at radius 2 is 1.24 bits per heavy atom. The lowest BCUT2D eigenvalue weighted by molar-refractivity contribution is -0.345. The van der Waals surface area contributed by atoms with Crippen molar-refractivity contribution >= 4 is 11.6 Å². The van der Waals surface area contributed by atoms with Gasteiger partial charge in [-0.05, 0) is 0 Å². The van der Waals surface area contributed by atoms with Crippen LogP contribution in [0.4, 0.5) is 48.3 Å². The van der Waals surface area contributed by atoms with Gasteiger partial charge in [-0.2, -0.15) is 26.3 Å². The second-order valence-electron chi connectivity index (χ2n) is 3.91.